The van der Waals surface area contributed by atoms with Crippen LogP contribution in [0.3, 0.4) is 0 Å². The Kier molecular flexibility index (Phi) is 3.56. The molecule has 1 saturated heterocycles. The van der Waals surface area contributed by atoms with E-state index < -0.39 is 0 Å². The highest BCUT2D eigenvalue weighted by Gasteiger charge is 2.13. The molecule has 0 spiro atoms. The van der Waals surface area contributed by atoms with Crippen molar-refractivity contribution in [3.63, 3.8) is 0 Å². The molecule has 0 radical (unpaired) electrons. The molecule has 0 aliphatic carbocycles. The van der Waals surface area contributed by atoms with Crippen LogP contribution in [0, 0.1) is 0 Å². The van der Waals surface area contributed by atoms with E-state index in [0.717, 1.165) is 18.8 Å². The Bertz CT molecular complexity index is 355. The molecule has 2 N–H and O–H groups in total. The molecule has 1 amide bonds. The minimum Gasteiger partial charge on any atom is -0.324 e. The third kappa shape index (κ3) is 3.06. The molecule has 88 valence electrons. The summed E-state index contributed by atoms with van der Waals surface area (Å²) in [6.07, 6.45) is 7.32. The van der Waals surface area contributed by atoms with Gasteiger partial charge in [-0.3, -0.25) is 9.48 Å². The van der Waals surface area contributed by atoms with Crippen LogP contribution >= 0.6 is 0 Å². The summed E-state index contributed by atoms with van der Waals surface area (Å²) in [5.41, 5.74) is 0.767. The van der Waals surface area contributed by atoms with Crippen LogP contribution < -0.4 is 10.6 Å². The van der Waals surface area contributed by atoms with E-state index in [1.165, 1.54) is 26.2 Å². The number of nitrogens with one attached hydrogen (secondary N) is 2. The van der Waals surface area contributed by atoms with Crippen molar-refractivity contribution in [1.82, 2.24) is 15.1 Å². The van der Waals surface area contributed by atoms with Gasteiger partial charge in [0.2, 0.25) is 5.91 Å². The van der Waals surface area contributed by atoms with Crippen molar-refractivity contribution >= 4 is 11.6 Å². The van der Waals surface area contributed by atoms with Crippen LogP contribution in [0.15, 0.2) is 12.4 Å². The smallest absolute Gasteiger partial charge is 0.221 e. The highest BCUT2D eigenvalue weighted by molar-refractivity contribution is 5.88. The molecular weight excluding hydrogens is 204 g/mol. The van der Waals surface area contributed by atoms with Gasteiger partial charge in [-0.1, -0.05) is 6.42 Å². The van der Waals surface area contributed by atoms with Crippen LogP contribution in [0.5, 0.6) is 0 Å². The van der Waals surface area contributed by atoms with Gasteiger partial charge in [0.15, 0.2) is 0 Å². The largest absolute Gasteiger partial charge is 0.324 e. The summed E-state index contributed by atoms with van der Waals surface area (Å²) in [5, 5.41) is 10.4. The predicted octanol–water partition coefficient (Wildman–Crippen LogP) is 0.984. The second-order valence-electron chi connectivity index (χ2n) is 4.28. The Morgan fingerprint density at radius 1 is 1.69 bits per heavy atom. The van der Waals surface area contributed by atoms with E-state index >= 15 is 0 Å². The molecule has 1 aromatic heterocycles. The Labute approximate surface area is 95.2 Å². The third-order valence-electron chi connectivity index (χ3n) is 2.77. The maximum atomic E-state index is 10.9. The molecule has 2 heterocycles. The van der Waals surface area contributed by atoms with Gasteiger partial charge in [0.25, 0.3) is 0 Å². The van der Waals surface area contributed by atoms with E-state index in [-0.39, 0.29) is 5.91 Å². The number of hydrogen-bond donors (Lipinski definition) is 2. The molecule has 1 aliphatic heterocycles. The lowest BCUT2D eigenvalue weighted by Gasteiger charge is -2.23. The third-order valence-corrected chi connectivity index (χ3v) is 2.77. The van der Waals surface area contributed by atoms with E-state index in [9.17, 15) is 4.79 Å². The van der Waals surface area contributed by atoms with Crippen LogP contribution in [0.2, 0.25) is 0 Å². The molecule has 0 bridgehead atoms. The highest BCUT2D eigenvalue weighted by Crippen LogP contribution is 2.10. The Morgan fingerprint density at radius 2 is 2.56 bits per heavy atom. The summed E-state index contributed by atoms with van der Waals surface area (Å²) >= 11 is 0. The SMILES string of the molecule is CC(=O)Nc1cnn(CC2CCCCN2)c1. The molecule has 1 fully saturated rings. The fourth-order valence-corrected chi connectivity index (χ4v) is 2.04. The molecule has 5 heteroatoms. The highest BCUT2D eigenvalue weighted by atomic mass is 16.1. The van der Waals surface area contributed by atoms with Crippen molar-refractivity contribution < 1.29 is 4.79 Å². The number of aromatic nitrogens is 2. The van der Waals surface area contributed by atoms with E-state index in [1.807, 2.05) is 10.9 Å². The van der Waals surface area contributed by atoms with Crippen molar-refractivity contribution in [1.29, 1.82) is 0 Å². The van der Waals surface area contributed by atoms with Gasteiger partial charge in [-0.15, -0.1) is 0 Å². The summed E-state index contributed by atoms with van der Waals surface area (Å²) in [6.45, 7) is 3.48. The summed E-state index contributed by atoms with van der Waals surface area (Å²) in [6, 6.07) is 0.513. The van der Waals surface area contributed by atoms with Gasteiger partial charge in [-0.25, -0.2) is 0 Å². The summed E-state index contributed by atoms with van der Waals surface area (Å²) < 4.78 is 1.88. The standard InChI is InChI=1S/C11H18N4O/c1-9(16)14-11-6-13-15(8-11)7-10-4-2-3-5-12-10/h6,8,10,12H,2-5,7H2,1H3,(H,14,16). The van der Waals surface area contributed by atoms with Crippen molar-refractivity contribution in [2.45, 2.75) is 38.8 Å². The first-order valence-electron chi connectivity index (χ1n) is 5.77. The number of piperidine rings is 1. The molecule has 1 atom stereocenters. The van der Waals surface area contributed by atoms with Gasteiger partial charge in [0.05, 0.1) is 18.4 Å². The number of rotatable bonds is 3. The number of carbonyl (C=O) groups is 1. The van der Waals surface area contributed by atoms with Crippen LogP contribution in [-0.2, 0) is 11.3 Å². The molecule has 0 aromatic carbocycles. The summed E-state index contributed by atoms with van der Waals surface area (Å²) in [4.78, 5) is 10.9. The number of hydrogen-bond acceptors (Lipinski definition) is 3. The average molecular weight is 222 g/mol. The molecule has 1 aliphatic rings. The fraction of sp³-hybridized carbons (Fsp3) is 0.636. The van der Waals surface area contributed by atoms with E-state index in [0.29, 0.717) is 6.04 Å². The van der Waals surface area contributed by atoms with E-state index in [4.69, 9.17) is 0 Å². The van der Waals surface area contributed by atoms with Crippen LogP contribution in [-0.4, -0.2) is 28.3 Å². The molecule has 2 rings (SSSR count). The average Bonchev–Trinajstić information content (AvgIpc) is 2.66. The maximum absolute atomic E-state index is 10.9. The lowest BCUT2D eigenvalue weighted by Crippen LogP contribution is -2.37. The lowest BCUT2D eigenvalue weighted by molar-refractivity contribution is -0.114. The molecule has 16 heavy (non-hydrogen) atoms. The number of carbonyl (C=O) groups excluding carboxylic acids is 1. The topological polar surface area (TPSA) is 59.0 Å². The van der Waals surface area contributed by atoms with E-state index in [2.05, 4.69) is 15.7 Å². The first kappa shape index (κ1) is 11.1. The minimum atomic E-state index is -0.0599. The van der Waals surface area contributed by atoms with Crippen molar-refractivity contribution in [3.8, 4) is 0 Å². The normalized spacial score (nSPS) is 20.7. The summed E-state index contributed by atoms with van der Waals surface area (Å²) in [5.74, 6) is -0.0599. The van der Waals surface area contributed by atoms with Gasteiger partial charge in [0.1, 0.15) is 0 Å². The molecule has 5 nitrogen and oxygen atoms in total. The molecule has 1 unspecified atom stereocenters. The number of anilines is 1. The maximum Gasteiger partial charge on any atom is 0.221 e. The molecule has 0 saturated carbocycles. The molecular formula is C11H18N4O. The van der Waals surface area contributed by atoms with Gasteiger partial charge in [0, 0.05) is 19.2 Å². The first-order valence-corrected chi connectivity index (χ1v) is 5.77. The predicted molar refractivity (Wildman–Crippen MR) is 62.2 cm³/mol. The van der Waals surface area contributed by atoms with Gasteiger partial charge in [-0.2, -0.15) is 5.10 Å². The van der Waals surface area contributed by atoms with Crippen LogP contribution in [0.4, 0.5) is 5.69 Å². The fourth-order valence-electron chi connectivity index (χ4n) is 2.04. The first-order chi connectivity index (χ1) is 7.74. The van der Waals surface area contributed by atoms with Crippen LogP contribution in [0.25, 0.3) is 0 Å². The van der Waals surface area contributed by atoms with Gasteiger partial charge in [-0.05, 0) is 19.4 Å². The number of nitrogens with zero attached hydrogens (tertiary/aromatic N) is 2. The zero-order valence-electron chi connectivity index (χ0n) is 9.57. The summed E-state index contributed by atoms with van der Waals surface area (Å²) in [7, 11) is 0. The van der Waals surface area contributed by atoms with Crippen LogP contribution in [0.1, 0.15) is 26.2 Å². The lowest BCUT2D eigenvalue weighted by atomic mass is 10.1. The van der Waals surface area contributed by atoms with Gasteiger partial charge < -0.3 is 10.6 Å². The second-order valence-corrected chi connectivity index (χ2v) is 4.28. The Hall–Kier alpha value is -1.36. The monoisotopic (exact) mass is 222 g/mol. The Morgan fingerprint density at radius 3 is 3.25 bits per heavy atom. The Balaban J connectivity index is 1.88. The second kappa shape index (κ2) is 5.12. The zero-order chi connectivity index (χ0) is 11.4. The van der Waals surface area contributed by atoms with Crippen molar-refractivity contribution in [2.75, 3.05) is 11.9 Å². The zero-order valence-corrected chi connectivity index (χ0v) is 9.57. The van der Waals surface area contributed by atoms with Crippen molar-refractivity contribution in [2.24, 2.45) is 0 Å². The van der Waals surface area contributed by atoms with E-state index in [1.54, 1.807) is 6.20 Å². The number of amides is 1. The quantitative estimate of drug-likeness (QED) is 0.801. The van der Waals surface area contributed by atoms with Crippen molar-refractivity contribution in [3.05, 3.63) is 12.4 Å². The molecule has 1 aromatic rings. The minimum absolute atomic E-state index is 0.0599. The van der Waals surface area contributed by atoms with Gasteiger partial charge >= 0.3 is 0 Å².